The van der Waals surface area contributed by atoms with E-state index in [1.54, 1.807) is 19.1 Å². The van der Waals surface area contributed by atoms with Crippen LogP contribution in [0.5, 0.6) is 5.75 Å². The Hall–Kier alpha value is -1.51. The van der Waals surface area contributed by atoms with Gasteiger partial charge in [-0.25, -0.2) is 0 Å². The summed E-state index contributed by atoms with van der Waals surface area (Å²) in [6.45, 7) is 2.06. The van der Waals surface area contributed by atoms with E-state index >= 15 is 0 Å². The molecular formula is C12H17NO2. The highest BCUT2D eigenvalue weighted by molar-refractivity contribution is 5.48. The van der Waals surface area contributed by atoms with Crippen molar-refractivity contribution in [2.45, 2.75) is 19.4 Å². The molecule has 0 saturated heterocycles. The molecule has 1 unspecified atom stereocenters. The highest BCUT2D eigenvalue weighted by Gasteiger charge is 2.13. The zero-order valence-electron chi connectivity index (χ0n) is 9.43. The lowest BCUT2D eigenvalue weighted by molar-refractivity contribution is -0.119. The van der Waals surface area contributed by atoms with Gasteiger partial charge in [0.25, 0.3) is 0 Å². The van der Waals surface area contributed by atoms with E-state index in [1.165, 1.54) is 0 Å². The molecule has 0 heterocycles. The van der Waals surface area contributed by atoms with Gasteiger partial charge in [-0.1, -0.05) is 19.1 Å². The van der Waals surface area contributed by atoms with Crippen LogP contribution in [0.1, 0.15) is 24.9 Å². The van der Waals surface area contributed by atoms with Crippen molar-refractivity contribution in [2.75, 3.05) is 14.2 Å². The number of amides is 1. The summed E-state index contributed by atoms with van der Waals surface area (Å²) in [5, 5.41) is 0. The van der Waals surface area contributed by atoms with Gasteiger partial charge in [-0.05, 0) is 24.1 Å². The van der Waals surface area contributed by atoms with Crippen LogP contribution in [-0.4, -0.2) is 25.5 Å². The van der Waals surface area contributed by atoms with Crippen molar-refractivity contribution in [2.24, 2.45) is 0 Å². The first-order chi connectivity index (χ1) is 7.22. The lowest BCUT2D eigenvalue weighted by Crippen LogP contribution is -2.22. The molecule has 1 aromatic rings. The first-order valence-corrected chi connectivity index (χ1v) is 5.04. The smallest absolute Gasteiger partial charge is 0.209 e. The van der Waals surface area contributed by atoms with Crippen LogP contribution in [0.15, 0.2) is 24.3 Å². The average molecular weight is 207 g/mol. The summed E-state index contributed by atoms with van der Waals surface area (Å²) >= 11 is 0. The molecule has 0 aliphatic carbocycles. The number of rotatable bonds is 5. The molecule has 0 radical (unpaired) electrons. The second-order valence-corrected chi connectivity index (χ2v) is 3.47. The summed E-state index contributed by atoms with van der Waals surface area (Å²) in [5.41, 5.74) is 1.10. The van der Waals surface area contributed by atoms with Gasteiger partial charge in [-0.3, -0.25) is 4.79 Å². The van der Waals surface area contributed by atoms with Crippen LogP contribution < -0.4 is 4.74 Å². The van der Waals surface area contributed by atoms with Gasteiger partial charge in [0, 0.05) is 7.05 Å². The molecule has 1 atom stereocenters. The number of methoxy groups -OCH3 is 1. The van der Waals surface area contributed by atoms with Gasteiger partial charge < -0.3 is 9.64 Å². The lowest BCUT2D eigenvalue weighted by atomic mass is 10.0. The largest absolute Gasteiger partial charge is 0.497 e. The molecule has 0 spiro atoms. The number of hydrogen-bond donors (Lipinski definition) is 0. The molecule has 0 fully saturated rings. The molecule has 3 heteroatoms. The van der Waals surface area contributed by atoms with E-state index in [4.69, 9.17) is 4.74 Å². The molecule has 15 heavy (non-hydrogen) atoms. The first kappa shape index (κ1) is 11.6. The molecule has 0 bridgehead atoms. The van der Waals surface area contributed by atoms with E-state index in [0.29, 0.717) is 0 Å². The van der Waals surface area contributed by atoms with Crippen LogP contribution in [0.4, 0.5) is 0 Å². The van der Waals surface area contributed by atoms with Gasteiger partial charge in [0.2, 0.25) is 6.41 Å². The Labute approximate surface area is 90.7 Å². The third kappa shape index (κ3) is 2.72. The Morgan fingerprint density at radius 3 is 2.80 bits per heavy atom. The monoisotopic (exact) mass is 207 g/mol. The second kappa shape index (κ2) is 5.39. The van der Waals surface area contributed by atoms with Gasteiger partial charge >= 0.3 is 0 Å². The number of benzene rings is 1. The number of hydrogen-bond acceptors (Lipinski definition) is 2. The van der Waals surface area contributed by atoms with E-state index in [9.17, 15) is 4.79 Å². The standard InChI is InChI=1S/C12H17NO2/c1-4-12(13(2)9-14)10-6-5-7-11(8-10)15-3/h5-9,12H,4H2,1-3H3. The predicted octanol–water partition coefficient (Wildman–Crippen LogP) is 2.23. The quantitative estimate of drug-likeness (QED) is 0.693. The zero-order valence-corrected chi connectivity index (χ0v) is 9.43. The molecule has 3 nitrogen and oxygen atoms in total. The maximum absolute atomic E-state index is 10.7. The summed E-state index contributed by atoms with van der Waals surface area (Å²) in [6.07, 6.45) is 1.75. The summed E-state index contributed by atoms with van der Waals surface area (Å²) in [5.74, 6) is 0.824. The number of ether oxygens (including phenoxy) is 1. The molecule has 0 aliphatic rings. The number of carbonyl (C=O) groups is 1. The first-order valence-electron chi connectivity index (χ1n) is 5.04. The van der Waals surface area contributed by atoms with Gasteiger partial charge in [0.1, 0.15) is 5.75 Å². The van der Waals surface area contributed by atoms with Gasteiger partial charge in [0.15, 0.2) is 0 Å². The van der Waals surface area contributed by atoms with Crippen LogP contribution in [-0.2, 0) is 4.79 Å². The molecule has 1 amide bonds. The summed E-state index contributed by atoms with van der Waals surface area (Å²) < 4.78 is 5.16. The third-order valence-corrected chi connectivity index (χ3v) is 2.52. The van der Waals surface area contributed by atoms with E-state index in [2.05, 4.69) is 6.92 Å². The fourth-order valence-corrected chi connectivity index (χ4v) is 1.68. The van der Waals surface area contributed by atoms with E-state index < -0.39 is 0 Å². The minimum Gasteiger partial charge on any atom is -0.497 e. The van der Waals surface area contributed by atoms with Crippen molar-refractivity contribution < 1.29 is 9.53 Å². The number of carbonyl (C=O) groups excluding carboxylic acids is 1. The molecule has 0 aliphatic heterocycles. The Morgan fingerprint density at radius 1 is 1.53 bits per heavy atom. The molecule has 0 N–H and O–H groups in total. The minimum atomic E-state index is 0.123. The average Bonchev–Trinajstić information content (AvgIpc) is 2.30. The predicted molar refractivity (Wildman–Crippen MR) is 59.9 cm³/mol. The van der Waals surface area contributed by atoms with Crippen LogP contribution in [0.25, 0.3) is 0 Å². The van der Waals surface area contributed by atoms with Crippen molar-refractivity contribution in [1.82, 2.24) is 4.90 Å². The third-order valence-electron chi connectivity index (χ3n) is 2.52. The summed E-state index contributed by atoms with van der Waals surface area (Å²) in [7, 11) is 3.43. The van der Waals surface area contributed by atoms with Gasteiger partial charge in [0.05, 0.1) is 13.2 Å². The van der Waals surface area contributed by atoms with Gasteiger partial charge in [-0.2, -0.15) is 0 Å². The van der Waals surface area contributed by atoms with Crippen LogP contribution in [0, 0.1) is 0 Å². The Balaban J connectivity index is 2.95. The number of nitrogens with zero attached hydrogens (tertiary/aromatic N) is 1. The Morgan fingerprint density at radius 2 is 2.27 bits per heavy atom. The fourth-order valence-electron chi connectivity index (χ4n) is 1.68. The Bertz CT molecular complexity index is 325. The zero-order chi connectivity index (χ0) is 11.3. The molecule has 82 valence electrons. The van der Waals surface area contributed by atoms with Crippen molar-refractivity contribution in [3.05, 3.63) is 29.8 Å². The normalized spacial score (nSPS) is 11.9. The maximum atomic E-state index is 10.7. The van der Waals surface area contributed by atoms with Crippen LogP contribution in [0.2, 0.25) is 0 Å². The summed E-state index contributed by atoms with van der Waals surface area (Å²) in [6, 6.07) is 7.94. The van der Waals surface area contributed by atoms with Crippen molar-refractivity contribution >= 4 is 6.41 Å². The fraction of sp³-hybridized carbons (Fsp3) is 0.417. The highest BCUT2D eigenvalue weighted by Crippen LogP contribution is 2.24. The molecule has 1 rings (SSSR count). The van der Waals surface area contributed by atoms with Crippen molar-refractivity contribution in [3.8, 4) is 5.75 Å². The van der Waals surface area contributed by atoms with Crippen LogP contribution in [0.3, 0.4) is 0 Å². The highest BCUT2D eigenvalue weighted by atomic mass is 16.5. The molecular weight excluding hydrogens is 190 g/mol. The SMILES string of the molecule is CCC(c1cccc(OC)c1)N(C)C=O. The Kier molecular flexibility index (Phi) is 4.16. The second-order valence-electron chi connectivity index (χ2n) is 3.47. The molecule has 0 saturated carbocycles. The van der Waals surface area contributed by atoms with Gasteiger partial charge in [-0.15, -0.1) is 0 Å². The molecule has 1 aromatic carbocycles. The maximum Gasteiger partial charge on any atom is 0.209 e. The summed E-state index contributed by atoms with van der Waals surface area (Å²) in [4.78, 5) is 12.4. The minimum absolute atomic E-state index is 0.123. The molecule has 0 aromatic heterocycles. The van der Waals surface area contributed by atoms with Crippen molar-refractivity contribution in [1.29, 1.82) is 0 Å². The topological polar surface area (TPSA) is 29.5 Å². The van der Waals surface area contributed by atoms with E-state index in [1.807, 2.05) is 24.3 Å². The van der Waals surface area contributed by atoms with Crippen molar-refractivity contribution in [3.63, 3.8) is 0 Å². The van der Waals surface area contributed by atoms with E-state index in [0.717, 1.165) is 24.1 Å². The van der Waals surface area contributed by atoms with Crippen LogP contribution >= 0.6 is 0 Å². The van der Waals surface area contributed by atoms with E-state index in [-0.39, 0.29) is 6.04 Å². The lowest BCUT2D eigenvalue weighted by Gasteiger charge is -2.23.